The van der Waals surface area contributed by atoms with E-state index in [-0.39, 0.29) is 11.8 Å². The van der Waals surface area contributed by atoms with E-state index in [1.54, 1.807) is 7.11 Å². The van der Waals surface area contributed by atoms with Crippen LogP contribution in [0.1, 0.15) is 41.5 Å². The molecule has 158 valence electrons. The van der Waals surface area contributed by atoms with Gasteiger partial charge in [0.1, 0.15) is 5.75 Å². The van der Waals surface area contributed by atoms with Crippen LogP contribution in [0.4, 0.5) is 0 Å². The number of carbonyl (C=O) groups excluding carboxylic acids is 1. The summed E-state index contributed by atoms with van der Waals surface area (Å²) in [5.41, 5.74) is 5.72. The number of aromatic nitrogens is 1. The molecule has 1 amide bonds. The Morgan fingerprint density at radius 3 is 2.61 bits per heavy atom. The number of hydrogen-bond acceptors (Lipinski definition) is 2. The molecule has 1 atom stereocenters. The van der Waals surface area contributed by atoms with E-state index >= 15 is 0 Å². The summed E-state index contributed by atoms with van der Waals surface area (Å²) in [4.78, 5) is 16.4. The molecular weight excluding hydrogens is 384 g/mol. The molecule has 0 unspecified atom stereocenters. The first-order valence-electron chi connectivity index (χ1n) is 10.7. The van der Waals surface area contributed by atoms with Crippen LogP contribution < -0.4 is 10.1 Å². The predicted molar refractivity (Wildman–Crippen MR) is 125 cm³/mol. The minimum Gasteiger partial charge on any atom is -0.497 e. The van der Waals surface area contributed by atoms with E-state index in [9.17, 15) is 4.79 Å². The molecule has 0 spiro atoms. The topological polar surface area (TPSA) is 54.1 Å². The average molecular weight is 413 g/mol. The third-order valence-corrected chi connectivity index (χ3v) is 5.81. The van der Waals surface area contributed by atoms with Crippen molar-refractivity contribution in [3.8, 4) is 5.75 Å². The minimum atomic E-state index is -0.0771. The van der Waals surface area contributed by atoms with Gasteiger partial charge in [-0.1, -0.05) is 67.6 Å². The Morgan fingerprint density at radius 2 is 1.84 bits per heavy atom. The maximum absolute atomic E-state index is 13.0. The van der Waals surface area contributed by atoms with Gasteiger partial charge < -0.3 is 15.0 Å². The van der Waals surface area contributed by atoms with E-state index in [2.05, 4.69) is 47.7 Å². The van der Waals surface area contributed by atoms with Crippen molar-refractivity contribution in [1.82, 2.24) is 10.3 Å². The summed E-state index contributed by atoms with van der Waals surface area (Å²) in [6.07, 6.45) is 3.38. The van der Waals surface area contributed by atoms with Gasteiger partial charge in [0.25, 0.3) is 0 Å². The highest BCUT2D eigenvalue weighted by Gasteiger charge is 2.22. The maximum atomic E-state index is 13.0. The highest BCUT2D eigenvalue weighted by molar-refractivity contribution is 5.88. The molecule has 1 aromatic heterocycles. The molecule has 4 aromatic rings. The number of carbonyl (C=O) groups is 1. The molecule has 0 aliphatic heterocycles. The van der Waals surface area contributed by atoms with E-state index in [0.717, 1.165) is 34.4 Å². The predicted octanol–water partition coefficient (Wildman–Crippen LogP) is 5.58. The normalized spacial score (nSPS) is 11.9. The van der Waals surface area contributed by atoms with Crippen LogP contribution in [0.2, 0.25) is 0 Å². The Morgan fingerprint density at radius 1 is 1.03 bits per heavy atom. The van der Waals surface area contributed by atoms with Gasteiger partial charge in [0.2, 0.25) is 5.91 Å². The quantitative estimate of drug-likeness (QED) is 0.397. The van der Waals surface area contributed by atoms with Crippen LogP contribution in [-0.4, -0.2) is 18.0 Å². The molecule has 0 fully saturated rings. The number of rotatable bonds is 8. The molecule has 4 rings (SSSR count). The van der Waals surface area contributed by atoms with Crippen LogP contribution in [0.25, 0.3) is 10.9 Å². The second kappa shape index (κ2) is 9.52. The van der Waals surface area contributed by atoms with Crippen molar-refractivity contribution in [1.29, 1.82) is 0 Å². The molecule has 31 heavy (non-hydrogen) atoms. The van der Waals surface area contributed by atoms with Crippen LogP contribution in [0, 0.1) is 0 Å². The lowest BCUT2D eigenvalue weighted by atomic mass is 9.87. The third-order valence-electron chi connectivity index (χ3n) is 5.81. The third kappa shape index (κ3) is 4.64. The summed E-state index contributed by atoms with van der Waals surface area (Å²) in [5, 5.41) is 4.25. The molecule has 2 N–H and O–H groups in total. The summed E-state index contributed by atoms with van der Waals surface area (Å²) >= 11 is 0. The lowest BCUT2D eigenvalue weighted by Gasteiger charge is -2.18. The Balaban J connectivity index is 1.66. The van der Waals surface area contributed by atoms with Crippen LogP contribution in [-0.2, 0) is 17.8 Å². The number of para-hydroxylation sites is 1. The Hall–Kier alpha value is -3.53. The average Bonchev–Trinajstić information content (AvgIpc) is 3.26. The molecule has 1 heterocycles. The number of methoxy groups -OCH3 is 1. The van der Waals surface area contributed by atoms with Gasteiger partial charge >= 0.3 is 0 Å². The van der Waals surface area contributed by atoms with E-state index in [4.69, 9.17) is 4.74 Å². The molecule has 0 saturated heterocycles. The second-order valence-corrected chi connectivity index (χ2v) is 7.73. The van der Waals surface area contributed by atoms with Gasteiger partial charge in [0.15, 0.2) is 0 Å². The molecular formula is C27H28N2O2. The molecule has 4 nitrogen and oxygen atoms in total. The van der Waals surface area contributed by atoms with Crippen molar-refractivity contribution in [3.05, 3.63) is 101 Å². The number of fused-ring (bicyclic) bond motifs is 1. The largest absolute Gasteiger partial charge is 0.497 e. The first kappa shape index (κ1) is 20.7. The summed E-state index contributed by atoms with van der Waals surface area (Å²) in [6.45, 7) is 2.68. The smallest absolute Gasteiger partial charge is 0.221 e. The summed E-state index contributed by atoms with van der Waals surface area (Å²) in [5.74, 6) is 0.741. The van der Waals surface area contributed by atoms with Gasteiger partial charge in [-0.2, -0.15) is 0 Å². The first-order chi connectivity index (χ1) is 15.2. The van der Waals surface area contributed by atoms with E-state index in [0.29, 0.717) is 13.0 Å². The number of amides is 1. The second-order valence-electron chi connectivity index (χ2n) is 7.73. The Labute approximate surface area is 183 Å². The van der Waals surface area contributed by atoms with Crippen LogP contribution in [0.15, 0.2) is 79.0 Å². The summed E-state index contributed by atoms with van der Waals surface area (Å²) in [7, 11) is 1.67. The van der Waals surface area contributed by atoms with Gasteiger partial charge in [-0.25, -0.2) is 0 Å². The van der Waals surface area contributed by atoms with Crippen molar-refractivity contribution >= 4 is 16.8 Å². The van der Waals surface area contributed by atoms with Gasteiger partial charge in [-0.05, 0) is 40.8 Å². The van der Waals surface area contributed by atoms with Crippen LogP contribution >= 0.6 is 0 Å². The summed E-state index contributed by atoms with van der Waals surface area (Å²) < 4.78 is 5.45. The summed E-state index contributed by atoms with van der Waals surface area (Å²) in [6, 6.07) is 24.4. The highest BCUT2D eigenvalue weighted by Crippen LogP contribution is 2.35. The molecule has 3 aromatic carbocycles. The molecule has 0 aliphatic rings. The SMILES string of the molecule is CCc1cccc2c([C@@H](CC(=O)NCc3ccccc3)c3cccc(OC)c3)c[nH]c12. The van der Waals surface area contributed by atoms with Crippen molar-refractivity contribution in [2.45, 2.75) is 32.2 Å². The minimum absolute atomic E-state index is 0.0256. The maximum Gasteiger partial charge on any atom is 0.221 e. The van der Waals surface area contributed by atoms with Gasteiger partial charge in [-0.15, -0.1) is 0 Å². The Kier molecular flexibility index (Phi) is 6.37. The van der Waals surface area contributed by atoms with Crippen LogP contribution in [0.5, 0.6) is 5.75 Å². The highest BCUT2D eigenvalue weighted by atomic mass is 16.5. The lowest BCUT2D eigenvalue weighted by Crippen LogP contribution is -2.25. The van der Waals surface area contributed by atoms with Gasteiger partial charge in [-0.3, -0.25) is 4.79 Å². The van der Waals surface area contributed by atoms with Gasteiger partial charge in [0.05, 0.1) is 7.11 Å². The lowest BCUT2D eigenvalue weighted by molar-refractivity contribution is -0.121. The van der Waals surface area contributed by atoms with Crippen LogP contribution in [0.3, 0.4) is 0 Å². The molecule has 0 bridgehead atoms. The number of hydrogen-bond donors (Lipinski definition) is 2. The number of benzene rings is 3. The fourth-order valence-electron chi connectivity index (χ4n) is 4.14. The standard InChI is InChI=1S/C27H28N2O2/c1-3-20-11-8-14-23-25(18-29-27(20)23)24(21-12-7-13-22(15-21)31-2)16-26(30)28-17-19-9-5-4-6-10-19/h4-15,18,24,29H,3,16-17H2,1-2H3,(H,28,30)/t24-/m0/s1. The van der Waals surface area contributed by atoms with E-state index in [1.165, 1.54) is 10.9 Å². The van der Waals surface area contributed by atoms with Crippen molar-refractivity contribution in [3.63, 3.8) is 0 Å². The van der Waals surface area contributed by atoms with E-state index in [1.807, 2.05) is 48.5 Å². The van der Waals surface area contributed by atoms with Gasteiger partial charge in [0, 0.05) is 36.0 Å². The fraction of sp³-hybridized carbons (Fsp3) is 0.222. The zero-order valence-corrected chi connectivity index (χ0v) is 18.0. The number of aromatic amines is 1. The van der Waals surface area contributed by atoms with E-state index < -0.39 is 0 Å². The Bertz CT molecular complexity index is 1160. The molecule has 0 radical (unpaired) electrons. The van der Waals surface area contributed by atoms with Crippen molar-refractivity contribution < 1.29 is 9.53 Å². The van der Waals surface area contributed by atoms with Crippen molar-refractivity contribution in [2.75, 3.05) is 7.11 Å². The number of nitrogens with one attached hydrogen (secondary N) is 2. The first-order valence-corrected chi connectivity index (χ1v) is 10.7. The molecule has 0 aliphatic carbocycles. The molecule has 4 heteroatoms. The number of ether oxygens (including phenoxy) is 1. The zero-order valence-electron chi connectivity index (χ0n) is 18.0. The number of aryl methyl sites for hydroxylation is 1. The monoisotopic (exact) mass is 412 g/mol. The van der Waals surface area contributed by atoms with Crippen molar-refractivity contribution in [2.24, 2.45) is 0 Å². The fourth-order valence-corrected chi connectivity index (χ4v) is 4.14. The number of H-pyrrole nitrogens is 1. The molecule has 0 saturated carbocycles. The zero-order chi connectivity index (χ0) is 21.6.